The van der Waals surface area contributed by atoms with Gasteiger partial charge in [-0.15, -0.1) is 0 Å². The Morgan fingerprint density at radius 2 is 1.73 bits per heavy atom. The lowest BCUT2D eigenvalue weighted by atomic mass is 9.75. The second kappa shape index (κ2) is 13.3. The average Bonchev–Trinajstić information content (AvgIpc) is 3.74. The van der Waals surface area contributed by atoms with Gasteiger partial charge in [-0.05, 0) is 124 Å². The van der Waals surface area contributed by atoms with Crippen LogP contribution < -0.4 is 10.6 Å². The van der Waals surface area contributed by atoms with Gasteiger partial charge in [0.25, 0.3) is 0 Å². The monoisotopic (exact) mass is 678 g/mol. The average molecular weight is 679 g/mol. The molecule has 5 heteroatoms. The van der Waals surface area contributed by atoms with Gasteiger partial charge in [-0.25, -0.2) is 4.99 Å². The Morgan fingerprint density at radius 1 is 0.804 bits per heavy atom. The molecule has 7 aliphatic carbocycles. The van der Waals surface area contributed by atoms with Crippen molar-refractivity contribution in [2.24, 2.45) is 34.6 Å². The SMILES string of the molecule is CC1C=C2C(=CC1)C1c3oc4c(c3CCC1N2C1CCC(C2C=CC=CC2)C=C1C1N=C(C2C=CC=CC2)NC(C2CC=CCC2)N1)CCC=C4. The highest BCUT2D eigenvalue weighted by molar-refractivity contribution is 5.87. The maximum absolute atomic E-state index is 6.89. The van der Waals surface area contributed by atoms with Gasteiger partial charge in [-0.2, -0.15) is 0 Å². The lowest BCUT2D eigenvalue weighted by Gasteiger charge is -2.46. The van der Waals surface area contributed by atoms with Gasteiger partial charge in [-0.1, -0.05) is 92.0 Å². The number of amidine groups is 1. The minimum absolute atomic E-state index is 0.0410. The minimum atomic E-state index is -0.0410. The molecule has 5 nitrogen and oxygen atoms in total. The van der Waals surface area contributed by atoms with E-state index in [0.717, 1.165) is 63.5 Å². The van der Waals surface area contributed by atoms with Crippen molar-refractivity contribution in [3.05, 3.63) is 125 Å². The molecule has 2 aliphatic heterocycles. The Morgan fingerprint density at radius 3 is 2.57 bits per heavy atom. The topological polar surface area (TPSA) is 52.8 Å². The molecular weight excluding hydrogens is 625 g/mol. The summed E-state index contributed by atoms with van der Waals surface area (Å²) in [5, 5.41) is 8.15. The summed E-state index contributed by atoms with van der Waals surface area (Å²) in [6.07, 6.45) is 49.5. The predicted octanol–water partition coefficient (Wildman–Crippen LogP) is 9.37. The minimum Gasteiger partial charge on any atom is -0.460 e. The number of nitrogens with one attached hydrogen (secondary N) is 2. The number of aliphatic imine (C=N–C) groups is 1. The number of allylic oxidation sites excluding steroid dienone is 14. The Hall–Kier alpha value is -3.83. The van der Waals surface area contributed by atoms with Crippen LogP contribution in [0, 0.1) is 29.6 Å². The molecule has 0 amide bonds. The number of rotatable bonds is 5. The number of hydrogen-bond donors (Lipinski definition) is 2. The van der Waals surface area contributed by atoms with Crippen LogP contribution in [0.15, 0.2) is 111 Å². The van der Waals surface area contributed by atoms with Crippen LogP contribution in [0.3, 0.4) is 0 Å². The van der Waals surface area contributed by atoms with E-state index in [1.807, 2.05) is 0 Å². The smallest absolute Gasteiger partial charge is 0.130 e. The zero-order chi connectivity index (χ0) is 33.9. The summed E-state index contributed by atoms with van der Waals surface area (Å²) in [6.45, 7) is 2.40. The normalized spacial score (nSPS) is 37.8. The zero-order valence-corrected chi connectivity index (χ0v) is 30.2. The maximum Gasteiger partial charge on any atom is 0.130 e. The van der Waals surface area contributed by atoms with Gasteiger partial charge in [0.1, 0.15) is 23.5 Å². The van der Waals surface area contributed by atoms with E-state index in [-0.39, 0.29) is 12.3 Å². The first-order valence-corrected chi connectivity index (χ1v) is 20.3. The molecule has 1 saturated heterocycles. The molecule has 9 aliphatic rings. The van der Waals surface area contributed by atoms with Gasteiger partial charge in [0, 0.05) is 23.2 Å². The second-order valence-electron chi connectivity index (χ2n) is 16.7. The second-order valence-corrected chi connectivity index (χ2v) is 16.7. The predicted molar refractivity (Wildman–Crippen MR) is 208 cm³/mol. The van der Waals surface area contributed by atoms with Crippen molar-refractivity contribution in [3.8, 4) is 0 Å². The highest BCUT2D eigenvalue weighted by Crippen LogP contribution is 2.56. The summed E-state index contributed by atoms with van der Waals surface area (Å²) in [4.78, 5) is 8.60. The molecule has 0 aromatic carbocycles. The Balaban J connectivity index is 1.07. The van der Waals surface area contributed by atoms with E-state index in [1.54, 1.807) is 0 Å². The van der Waals surface area contributed by atoms with Gasteiger partial charge < -0.3 is 14.6 Å². The summed E-state index contributed by atoms with van der Waals surface area (Å²) in [5.41, 5.74) is 7.55. The van der Waals surface area contributed by atoms with Crippen LogP contribution in [-0.4, -0.2) is 35.2 Å². The lowest BCUT2D eigenvalue weighted by molar-refractivity contribution is 0.168. The number of nitrogens with zero attached hydrogens (tertiary/aromatic N) is 2. The molecule has 0 bridgehead atoms. The number of likely N-dealkylation sites (tertiary alicyclic amines) is 1. The molecule has 0 spiro atoms. The van der Waals surface area contributed by atoms with Crippen LogP contribution in [0.4, 0.5) is 0 Å². The summed E-state index contributed by atoms with van der Waals surface area (Å²) in [5.74, 6) is 6.37. The quantitative estimate of drug-likeness (QED) is 0.305. The highest BCUT2D eigenvalue weighted by atomic mass is 16.3. The van der Waals surface area contributed by atoms with Gasteiger partial charge in [0.05, 0.1) is 18.1 Å². The van der Waals surface area contributed by atoms with Crippen molar-refractivity contribution >= 4 is 11.9 Å². The van der Waals surface area contributed by atoms with Crippen LogP contribution in [0.1, 0.15) is 99.7 Å². The van der Waals surface area contributed by atoms with Crippen molar-refractivity contribution in [1.82, 2.24) is 15.5 Å². The molecule has 10 unspecified atom stereocenters. The largest absolute Gasteiger partial charge is 0.460 e. The summed E-state index contributed by atoms with van der Waals surface area (Å²) < 4.78 is 6.89. The Kier molecular flexibility index (Phi) is 8.31. The molecule has 3 heterocycles. The van der Waals surface area contributed by atoms with E-state index in [9.17, 15) is 0 Å². The fourth-order valence-electron chi connectivity index (χ4n) is 11.0. The molecule has 1 fully saturated rings. The zero-order valence-electron chi connectivity index (χ0n) is 30.2. The molecule has 10 rings (SSSR count). The lowest BCUT2D eigenvalue weighted by Crippen LogP contribution is -2.61. The third-order valence-electron chi connectivity index (χ3n) is 13.6. The summed E-state index contributed by atoms with van der Waals surface area (Å²) >= 11 is 0. The van der Waals surface area contributed by atoms with Gasteiger partial charge in [0.15, 0.2) is 0 Å². The fourth-order valence-corrected chi connectivity index (χ4v) is 11.0. The third kappa shape index (κ3) is 5.66. The fraction of sp³-hybridized carbons (Fsp3) is 0.500. The van der Waals surface area contributed by atoms with Gasteiger partial charge in [0.2, 0.25) is 0 Å². The first kappa shape index (κ1) is 31.9. The standard InChI is InChI=1S/C46H54N4O/c1-29-21-23-36-40(27-29)50(39-26-24-35-34-19-11-12-20-41(34)51-43(35)42(36)39)38-25-22-33(30-13-5-2-6-14-30)28-37(38)46-48-44(31-15-7-3-8-16-31)47-45(49-46)32-17-9-4-10-18-32/h2-9,12-13,15,20,23,27-33,38-39,42,45-46,49H,10-11,14,16-19,21-22,24-26H2,1H3,(H,47,48). The number of furan rings is 1. The molecule has 264 valence electrons. The first-order chi connectivity index (χ1) is 25.2. The van der Waals surface area contributed by atoms with E-state index < -0.39 is 0 Å². The molecule has 1 aromatic heterocycles. The molecular formula is C46H54N4O. The van der Waals surface area contributed by atoms with Crippen molar-refractivity contribution in [2.45, 2.75) is 114 Å². The van der Waals surface area contributed by atoms with E-state index in [0.29, 0.717) is 47.6 Å². The van der Waals surface area contributed by atoms with Crippen molar-refractivity contribution in [3.63, 3.8) is 0 Å². The van der Waals surface area contributed by atoms with Gasteiger partial charge >= 0.3 is 0 Å². The molecule has 51 heavy (non-hydrogen) atoms. The molecule has 10 atom stereocenters. The summed E-state index contributed by atoms with van der Waals surface area (Å²) in [7, 11) is 0. The first-order valence-electron chi connectivity index (χ1n) is 20.3. The number of fused-ring (bicyclic) bond motifs is 7. The van der Waals surface area contributed by atoms with Crippen molar-refractivity contribution in [2.75, 3.05) is 0 Å². The van der Waals surface area contributed by atoms with E-state index >= 15 is 0 Å². The van der Waals surface area contributed by atoms with Crippen LogP contribution >= 0.6 is 0 Å². The molecule has 1 aromatic rings. The van der Waals surface area contributed by atoms with Crippen LogP contribution in [0.25, 0.3) is 6.08 Å². The highest BCUT2D eigenvalue weighted by Gasteiger charge is 2.52. The van der Waals surface area contributed by atoms with Crippen LogP contribution in [-0.2, 0) is 12.8 Å². The third-order valence-corrected chi connectivity index (χ3v) is 13.6. The van der Waals surface area contributed by atoms with E-state index in [2.05, 4.69) is 114 Å². The van der Waals surface area contributed by atoms with Crippen molar-refractivity contribution in [1.29, 1.82) is 0 Å². The number of hydrogen-bond acceptors (Lipinski definition) is 5. The van der Waals surface area contributed by atoms with E-state index in [4.69, 9.17) is 9.41 Å². The van der Waals surface area contributed by atoms with Crippen LogP contribution in [0.2, 0.25) is 0 Å². The van der Waals surface area contributed by atoms with Crippen LogP contribution in [0.5, 0.6) is 0 Å². The van der Waals surface area contributed by atoms with Gasteiger partial charge in [-0.3, -0.25) is 5.32 Å². The molecule has 0 radical (unpaired) electrons. The molecule has 2 N–H and O–H groups in total. The Labute approximate surface area is 304 Å². The molecule has 0 saturated carbocycles. The van der Waals surface area contributed by atoms with E-state index in [1.165, 1.54) is 58.8 Å². The summed E-state index contributed by atoms with van der Waals surface area (Å²) in [6, 6.07) is 0.717. The Bertz CT molecular complexity index is 1860. The van der Waals surface area contributed by atoms with Crippen molar-refractivity contribution < 1.29 is 4.42 Å². The maximum atomic E-state index is 6.89.